The number of carboxylic acid groups (broad SMARTS) is 1. The maximum absolute atomic E-state index is 10.5. The molecule has 5 heteroatoms. The molecule has 0 aliphatic heterocycles. The molecule has 0 aromatic carbocycles. The average Bonchev–Trinajstić information content (AvgIpc) is 2.04. The molecular formula is C8H11N3O2. The summed E-state index contributed by atoms with van der Waals surface area (Å²) in [5.74, 6) is -1.32. The maximum Gasteiger partial charge on any atom is 0.310 e. The van der Waals surface area contributed by atoms with Crippen LogP contribution in [0.1, 0.15) is 6.42 Å². The summed E-state index contributed by atoms with van der Waals surface area (Å²) in [5.41, 5.74) is 10.9. The van der Waals surface area contributed by atoms with Crippen molar-refractivity contribution in [1.29, 1.82) is 0 Å². The monoisotopic (exact) mass is 181 g/mol. The van der Waals surface area contributed by atoms with Crippen LogP contribution in [-0.2, 0) is 4.79 Å². The van der Waals surface area contributed by atoms with Gasteiger partial charge in [-0.3, -0.25) is 4.79 Å². The highest BCUT2D eigenvalue weighted by Gasteiger charge is 2.15. The lowest BCUT2D eigenvalue weighted by molar-refractivity contribution is -0.139. The molecule has 1 rings (SSSR count). The average molecular weight is 181 g/mol. The SMILES string of the molecule is NC(N)=NC1=CCC(C(=O)O)C=C1. The molecule has 0 saturated heterocycles. The number of hydrogen-bond donors (Lipinski definition) is 3. The van der Waals surface area contributed by atoms with E-state index in [0.29, 0.717) is 12.1 Å². The number of carbonyl (C=O) groups is 1. The van der Waals surface area contributed by atoms with Gasteiger partial charge in [0, 0.05) is 0 Å². The molecule has 0 aromatic heterocycles. The zero-order valence-electron chi connectivity index (χ0n) is 6.97. The van der Waals surface area contributed by atoms with Crippen LogP contribution in [0.25, 0.3) is 0 Å². The fraction of sp³-hybridized carbons (Fsp3) is 0.250. The van der Waals surface area contributed by atoms with Gasteiger partial charge in [0.15, 0.2) is 5.96 Å². The van der Waals surface area contributed by atoms with Crippen molar-refractivity contribution in [2.75, 3.05) is 0 Å². The van der Waals surface area contributed by atoms with Crippen molar-refractivity contribution >= 4 is 11.9 Å². The Kier molecular flexibility index (Phi) is 2.69. The maximum atomic E-state index is 10.5. The van der Waals surface area contributed by atoms with Crippen molar-refractivity contribution in [3.63, 3.8) is 0 Å². The van der Waals surface area contributed by atoms with E-state index in [1.807, 2.05) is 0 Å². The second-order valence-corrected chi connectivity index (χ2v) is 2.71. The van der Waals surface area contributed by atoms with E-state index >= 15 is 0 Å². The van der Waals surface area contributed by atoms with Gasteiger partial charge in [0.25, 0.3) is 0 Å². The van der Waals surface area contributed by atoms with E-state index in [2.05, 4.69) is 4.99 Å². The molecule has 13 heavy (non-hydrogen) atoms. The van der Waals surface area contributed by atoms with Crippen molar-refractivity contribution in [3.8, 4) is 0 Å². The number of aliphatic imine (C=N–C) groups is 1. The van der Waals surface area contributed by atoms with Crippen LogP contribution in [0.15, 0.2) is 28.9 Å². The Morgan fingerprint density at radius 2 is 2.31 bits per heavy atom. The molecular weight excluding hydrogens is 170 g/mol. The first-order chi connectivity index (χ1) is 6.09. The molecule has 0 amide bonds. The largest absolute Gasteiger partial charge is 0.481 e. The van der Waals surface area contributed by atoms with Crippen LogP contribution in [-0.4, -0.2) is 17.0 Å². The van der Waals surface area contributed by atoms with Gasteiger partial charge in [-0.1, -0.05) is 12.2 Å². The number of hydrogen-bond acceptors (Lipinski definition) is 2. The second kappa shape index (κ2) is 3.75. The number of nitrogens with zero attached hydrogens (tertiary/aromatic N) is 1. The van der Waals surface area contributed by atoms with Gasteiger partial charge in [0.2, 0.25) is 0 Å². The quantitative estimate of drug-likeness (QED) is 0.405. The molecule has 0 bridgehead atoms. The molecule has 5 nitrogen and oxygen atoms in total. The first-order valence-corrected chi connectivity index (χ1v) is 3.80. The van der Waals surface area contributed by atoms with Gasteiger partial charge < -0.3 is 16.6 Å². The predicted molar refractivity (Wildman–Crippen MR) is 48.8 cm³/mol. The normalized spacial score (nSPS) is 20.6. The van der Waals surface area contributed by atoms with Gasteiger partial charge in [-0.15, -0.1) is 0 Å². The van der Waals surface area contributed by atoms with Crippen molar-refractivity contribution in [3.05, 3.63) is 23.9 Å². The summed E-state index contributed by atoms with van der Waals surface area (Å²) in [7, 11) is 0. The Labute approximate surface area is 75.4 Å². The van der Waals surface area contributed by atoms with Gasteiger partial charge in [0.05, 0.1) is 11.6 Å². The standard InChI is InChI=1S/C8H11N3O2/c9-8(10)11-6-3-1-5(2-4-6)7(12)13/h1,3-5H,2H2,(H,12,13)(H4,9,10,11). The van der Waals surface area contributed by atoms with Crippen LogP contribution in [0.3, 0.4) is 0 Å². The van der Waals surface area contributed by atoms with Crippen LogP contribution >= 0.6 is 0 Å². The summed E-state index contributed by atoms with van der Waals surface area (Å²) < 4.78 is 0. The van der Waals surface area contributed by atoms with E-state index in [4.69, 9.17) is 16.6 Å². The summed E-state index contributed by atoms with van der Waals surface area (Å²) >= 11 is 0. The molecule has 0 fully saturated rings. The molecule has 0 aromatic rings. The van der Waals surface area contributed by atoms with Crippen LogP contribution < -0.4 is 11.5 Å². The molecule has 1 aliphatic rings. The molecule has 0 heterocycles. The van der Waals surface area contributed by atoms with Gasteiger partial charge in [-0.2, -0.15) is 0 Å². The first-order valence-electron chi connectivity index (χ1n) is 3.80. The zero-order valence-corrected chi connectivity index (χ0v) is 6.97. The summed E-state index contributed by atoms with van der Waals surface area (Å²) in [6.45, 7) is 0. The number of carboxylic acids is 1. The number of rotatable bonds is 2. The van der Waals surface area contributed by atoms with E-state index < -0.39 is 11.9 Å². The third-order valence-electron chi connectivity index (χ3n) is 1.66. The number of aliphatic carboxylic acids is 1. The summed E-state index contributed by atoms with van der Waals surface area (Å²) in [4.78, 5) is 14.3. The minimum Gasteiger partial charge on any atom is -0.481 e. The van der Waals surface area contributed by atoms with Crippen molar-refractivity contribution < 1.29 is 9.90 Å². The Morgan fingerprint density at radius 1 is 1.62 bits per heavy atom. The summed E-state index contributed by atoms with van der Waals surface area (Å²) in [6, 6.07) is 0. The van der Waals surface area contributed by atoms with Crippen LogP contribution in [0.2, 0.25) is 0 Å². The Bertz CT molecular complexity index is 301. The van der Waals surface area contributed by atoms with Crippen molar-refractivity contribution in [2.45, 2.75) is 6.42 Å². The van der Waals surface area contributed by atoms with Gasteiger partial charge in [-0.25, -0.2) is 4.99 Å². The lowest BCUT2D eigenvalue weighted by Crippen LogP contribution is -2.22. The minimum absolute atomic E-state index is 0.0234. The fourth-order valence-corrected chi connectivity index (χ4v) is 1.02. The first kappa shape index (κ1) is 9.31. The van der Waals surface area contributed by atoms with E-state index in [9.17, 15) is 4.79 Å². The van der Waals surface area contributed by atoms with Crippen molar-refractivity contribution in [2.24, 2.45) is 22.4 Å². The fourth-order valence-electron chi connectivity index (χ4n) is 1.02. The van der Waals surface area contributed by atoms with E-state index in [-0.39, 0.29) is 5.96 Å². The van der Waals surface area contributed by atoms with Crippen molar-refractivity contribution in [1.82, 2.24) is 0 Å². The topological polar surface area (TPSA) is 102 Å². The van der Waals surface area contributed by atoms with Gasteiger partial charge in [-0.05, 0) is 12.5 Å². The highest BCUT2D eigenvalue weighted by molar-refractivity contribution is 5.77. The lowest BCUT2D eigenvalue weighted by atomic mass is 10.00. The van der Waals surface area contributed by atoms with Gasteiger partial charge in [0.1, 0.15) is 0 Å². The lowest BCUT2D eigenvalue weighted by Gasteiger charge is -2.09. The third kappa shape index (κ3) is 2.62. The highest BCUT2D eigenvalue weighted by atomic mass is 16.4. The molecule has 1 atom stereocenters. The summed E-state index contributed by atoms with van der Waals surface area (Å²) in [5, 5.41) is 8.64. The van der Waals surface area contributed by atoms with Crippen LogP contribution in [0, 0.1) is 5.92 Å². The Balaban J connectivity index is 2.65. The van der Waals surface area contributed by atoms with E-state index in [1.54, 1.807) is 18.2 Å². The molecule has 1 unspecified atom stereocenters. The molecule has 5 N–H and O–H groups in total. The highest BCUT2D eigenvalue weighted by Crippen LogP contribution is 2.16. The number of guanidine groups is 1. The Hall–Kier alpha value is -1.78. The molecule has 0 spiro atoms. The number of allylic oxidation sites excluding steroid dienone is 2. The van der Waals surface area contributed by atoms with E-state index in [1.165, 1.54) is 0 Å². The molecule has 0 radical (unpaired) electrons. The minimum atomic E-state index is -0.837. The molecule has 70 valence electrons. The predicted octanol–water partition coefficient (Wildman–Crippen LogP) is -0.196. The molecule has 1 aliphatic carbocycles. The van der Waals surface area contributed by atoms with E-state index in [0.717, 1.165) is 0 Å². The van der Waals surface area contributed by atoms with Crippen LogP contribution in [0.4, 0.5) is 0 Å². The smallest absolute Gasteiger partial charge is 0.310 e. The molecule has 0 saturated carbocycles. The number of nitrogens with two attached hydrogens (primary N) is 2. The summed E-state index contributed by atoms with van der Waals surface area (Å²) in [6.07, 6.45) is 5.29. The van der Waals surface area contributed by atoms with Crippen LogP contribution in [0.5, 0.6) is 0 Å². The third-order valence-corrected chi connectivity index (χ3v) is 1.66. The second-order valence-electron chi connectivity index (χ2n) is 2.71. The zero-order chi connectivity index (χ0) is 9.84. The van der Waals surface area contributed by atoms with Gasteiger partial charge >= 0.3 is 5.97 Å². The Morgan fingerprint density at radius 3 is 2.69 bits per heavy atom.